The quantitative estimate of drug-likeness (QED) is 0.569. The number of halogens is 2. The SMILES string of the molecule is Cc1cc(Cl)ccc1NC(=O)c1cc(N(C)S(=O)(=O)c2ccccc2)ccc1Cl. The lowest BCUT2D eigenvalue weighted by molar-refractivity contribution is 0.102. The lowest BCUT2D eigenvalue weighted by Crippen LogP contribution is -2.27. The normalized spacial score (nSPS) is 11.2. The fourth-order valence-electron chi connectivity index (χ4n) is 2.73. The van der Waals surface area contributed by atoms with E-state index in [0.29, 0.717) is 16.4 Å². The Morgan fingerprint density at radius 1 is 0.966 bits per heavy atom. The predicted molar refractivity (Wildman–Crippen MR) is 118 cm³/mol. The Kier molecular flexibility index (Phi) is 6.17. The largest absolute Gasteiger partial charge is 0.322 e. The Morgan fingerprint density at radius 3 is 2.31 bits per heavy atom. The van der Waals surface area contributed by atoms with Gasteiger partial charge in [0.25, 0.3) is 15.9 Å². The standard InChI is InChI=1S/C21H18Cl2N2O3S/c1-14-12-15(22)8-11-20(14)24-21(26)18-13-16(9-10-19(18)23)25(2)29(27,28)17-6-4-3-5-7-17/h3-13H,1-2H3,(H,24,26). The molecule has 5 nitrogen and oxygen atoms in total. The third-order valence-electron chi connectivity index (χ3n) is 4.40. The number of nitrogens with one attached hydrogen (secondary N) is 1. The second-order valence-electron chi connectivity index (χ2n) is 6.36. The minimum Gasteiger partial charge on any atom is -0.322 e. The first-order valence-corrected chi connectivity index (χ1v) is 10.8. The highest BCUT2D eigenvalue weighted by molar-refractivity contribution is 7.92. The molecule has 1 N–H and O–H groups in total. The molecule has 0 spiro atoms. The topological polar surface area (TPSA) is 66.5 Å². The lowest BCUT2D eigenvalue weighted by atomic mass is 10.1. The third kappa shape index (κ3) is 4.56. The van der Waals surface area contributed by atoms with Crippen LogP contribution in [0.15, 0.2) is 71.6 Å². The van der Waals surface area contributed by atoms with Crippen molar-refractivity contribution in [3.05, 3.63) is 87.9 Å². The van der Waals surface area contributed by atoms with Crippen LogP contribution >= 0.6 is 23.2 Å². The number of hydrogen-bond donors (Lipinski definition) is 1. The maximum Gasteiger partial charge on any atom is 0.264 e. The molecule has 0 aromatic heterocycles. The molecule has 0 bridgehead atoms. The molecule has 0 aliphatic carbocycles. The number of amides is 1. The van der Waals surface area contributed by atoms with E-state index in [1.54, 1.807) is 42.5 Å². The summed E-state index contributed by atoms with van der Waals surface area (Å²) in [7, 11) is -2.35. The van der Waals surface area contributed by atoms with Crippen molar-refractivity contribution < 1.29 is 13.2 Å². The number of nitrogens with zero attached hydrogens (tertiary/aromatic N) is 1. The van der Waals surface area contributed by atoms with E-state index in [1.807, 2.05) is 6.92 Å². The van der Waals surface area contributed by atoms with Gasteiger partial charge in [-0.15, -0.1) is 0 Å². The van der Waals surface area contributed by atoms with Gasteiger partial charge in [-0.05, 0) is 61.0 Å². The van der Waals surface area contributed by atoms with Gasteiger partial charge in [-0.3, -0.25) is 9.10 Å². The maximum absolute atomic E-state index is 12.8. The Hall–Kier alpha value is -2.54. The molecular weight excluding hydrogens is 431 g/mol. The molecule has 0 atom stereocenters. The lowest BCUT2D eigenvalue weighted by Gasteiger charge is -2.20. The van der Waals surface area contributed by atoms with Gasteiger partial charge in [0.2, 0.25) is 0 Å². The molecule has 0 saturated carbocycles. The summed E-state index contributed by atoms with van der Waals surface area (Å²) >= 11 is 12.2. The van der Waals surface area contributed by atoms with E-state index in [9.17, 15) is 13.2 Å². The summed E-state index contributed by atoms with van der Waals surface area (Å²) in [6, 6.07) is 17.6. The highest BCUT2D eigenvalue weighted by atomic mass is 35.5. The van der Waals surface area contributed by atoms with Crippen molar-refractivity contribution in [3.63, 3.8) is 0 Å². The van der Waals surface area contributed by atoms with Crippen LogP contribution in [-0.2, 0) is 10.0 Å². The van der Waals surface area contributed by atoms with Crippen molar-refractivity contribution in [2.75, 3.05) is 16.7 Å². The highest BCUT2D eigenvalue weighted by Crippen LogP contribution is 2.28. The zero-order chi connectivity index (χ0) is 21.2. The van der Waals surface area contributed by atoms with Crippen molar-refractivity contribution >= 4 is 50.5 Å². The first kappa shape index (κ1) is 21.2. The Morgan fingerprint density at radius 2 is 1.66 bits per heavy atom. The summed E-state index contributed by atoms with van der Waals surface area (Å²) in [5.74, 6) is -0.451. The predicted octanol–water partition coefficient (Wildman–Crippen LogP) is 5.38. The van der Waals surface area contributed by atoms with Crippen LogP contribution in [0.2, 0.25) is 10.0 Å². The first-order chi connectivity index (χ1) is 13.7. The van der Waals surface area contributed by atoms with Gasteiger partial charge in [-0.1, -0.05) is 41.4 Å². The molecule has 0 aliphatic rings. The van der Waals surface area contributed by atoms with Crippen LogP contribution in [-0.4, -0.2) is 21.4 Å². The summed E-state index contributed by atoms with van der Waals surface area (Å²) in [5.41, 5.74) is 1.86. The summed E-state index contributed by atoms with van der Waals surface area (Å²) < 4.78 is 26.8. The monoisotopic (exact) mass is 448 g/mol. The van der Waals surface area contributed by atoms with E-state index in [0.717, 1.165) is 9.87 Å². The van der Waals surface area contributed by atoms with Gasteiger partial charge in [-0.25, -0.2) is 8.42 Å². The summed E-state index contributed by atoms with van der Waals surface area (Å²) in [5, 5.41) is 3.56. The number of anilines is 2. The Bertz CT molecular complexity index is 1170. The van der Waals surface area contributed by atoms with Crippen LogP contribution in [0, 0.1) is 6.92 Å². The van der Waals surface area contributed by atoms with E-state index >= 15 is 0 Å². The van der Waals surface area contributed by atoms with Gasteiger partial charge in [0, 0.05) is 17.8 Å². The van der Waals surface area contributed by atoms with Crippen molar-refractivity contribution in [1.82, 2.24) is 0 Å². The second-order valence-corrected chi connectivity index (χ2v) is 9.18. The summed E-state index contributed by atoms with van der Waals surface area (Å²) in [6.07, 6.45) is 0. The third-order valence-corrected chi connectivity index (χ3v) is 6.76. The first-order valence-electron chi connectivity index (χ1n) is 8.61. The van der Waals surface area contributed by atoms with Gasteiger partial charge >= 0.3 is 0 Å². The molecule has 1 amide bonds. The van der Waals surface area contributed by atoms with Crippen molar-refractivity contribution in [2.24, 2.45) is 0 Å². The molecule has 0 fully saturated rings. The molecular formula is C21H18Cl2N2O3S. The van der Waals surface area contributed by atoms with Crippen LogP contribution in [0.25, 0.3) is 0 Å². The minimum atomic E-state index is -3.77. The van der Waals surface area contributed by atoms with Crippen molar-refractivity contribution in [3.8, 4) is 0 Å². The molecule has 0 aliphatic heterocycles. The molecule has 8 heteroatoms. The van der Waals surface area contributed by atoms with E-state index in [1.165, 1.54) is 31.3 Å². The molecule has 150 valence electrons. The fraction of sp³-hybridized carbons (Fsp3) is 0.0952. The maximum atomic E-state index is 12.8. The van der Waals surface area contributed by atoms with Crippen LogP contribution in [0.3, 0.4) is 0 Å². The number of sulfonamides is 1. The number of benzene rings is 3. The summed E-state index contributed by atoms with van der Waals surface area (Å²) in [4.78, 5) is 12.9. The molecule has 3 rings (SSSR count). The average molecular weight is 449 g/mol. The van der Waals surface area contributed by atoms with Crippen LogP contribution in [0.1, 0.15) is 15.9 Å². The molecule has 0 unspecified atom stereocenters. The Balaban J connectivity index is 1.92. The number of aryl methyl sites for hydroxylation is 1. The van der Waals surface area contributed by atoms with Gasteiger partial charge < -0.3 is 5.32 Å². The van der Waals surface area contributed by atoms with Crippen LogP contribution in [0.5, 0.6) is 0 Å². The highest BCUT2D eigenvalue weighted by Gasteiger charge is 2.22. The minimum absolute atomic E-state index is 0.153. The zero-order valence-electron chi connectivity index (χ0n) is 15.7. The number of carbonyl (C=O) groups is 1. The summed E-state index contributed by atoms with van der Waals surface area (Å²) in [6.45, 7) is 1.82. The smallest absolute Gasteiger partial charge is 0.264 e. The number of rotatable bonds is 5. The molecule has 0 heterocycles. The van der Waals surface area contributed by atoms with Crippen molar-refractivity contribution in [2.45, 2.75) is 11.8 Å². The molecule has 3 aromatic carbocycles. The molecule has 0 saturated heterocycles. The number of carbonyl (C=O) groups excluding carboxylic acids is 1. The molecule has 3 aromatic rings. The van der Waals surface area contributed by atoms with E-state index < -0.39 is 15.9 Å². The van der Waals surface area contributed by atoms with Gasteiger partial charge in [0.05, 0.1) is 21.2 Å². The van der Waals surface area contributed by atoms with E-state index in [2.05, 4.69) is 5.32 Å². The van der Waals surface area contributed by atoms with Gasteiger partial charge in [0.1, 0.15) is 0 Å². The Labute approximate surface area is 179 Å². The van der Waals surface area contributed by atoms with Gasteiger partial charge in [0.15, 0.2) is 0 Å². The van der Waals surface area contributed by atoms with Crippen LogP contribution < -0.4 is 9.62 Å². The number of hydrogen-bond acceptors (Lipinski definition) is 3. The van der Waals surface area contributed by atoms with Gasteiger partial charge in [-0.2, -0.15) is 0 Å². The van der Waals surface area contributed by atoms with Crippen LogP contribution in [0.4, 0.5) is 11.4 Å². The average Bonchev–Trinajstić information content (AvgIpc) is 2.70. The van der Waals surface area contributed by atoms with Crippen molar-refractivity contribution in [1.29, 1.82) is 0 Å². The molecule has 0 radical (unpaired) electrons. The zero-order valence-corrected chi connectivity index (χ0v) is 18.0. The second kappa shape index (κ2) is 8.45. The fourth-order valence-corrected chi connectivity index (χ4v) is 4.37. The van der Waals surface area contributed by atoms with E-state index in [-0.39, 0.29) is 15.5 Å². The van der Waals surface area contributed by atoms with E-state index in [4.69, 9.17) is 23.2 Å². The molecule has 29 heavy (non-hydrogen) atoms.